The highest BCUT2D eigenvalue weighted by Gasteiger charge is 2.24. The normalized spacial score (nSPS) is 11.4. The van der Waals surface area contributed by atoms with E-state index < -0.39 is 0 Å². The second-order valence-corrected chi connectivity index (χ2v) is 20.6. The Morgan fingerprint density at radius 1 is 0.244 bits per heavy atom. The molecular formula is C76H48N6. The third kappa shape index (κ3) is 8.40. The van der Waals surface area contributed by atoms with Crippen molar-refractivity contribution in [3.05, 3.63) is 303 Å². The molecule has 0 aliphatic heterocycles. The first kappa shape index (κ1) is 47.9. The summed E-state index contributed by atoms with van der Waals surface area (Å²) in [5.74, 6) is 1.67. The first-order chi connectivity index (χ1) is 40.6. The predicted molar refractivity (Wildman–Crippen MR) is 338 cm³/mol. The Morgan fingerprint density at radius 2 is 0.573 bits per heavy atom. The maximum atomic E-state index is 9.14. The zero-order valence-corrected chi connectivity index (χ0v) is 44.4. The standard InChI is InChI=1S/C76H48N6/c1-77-73-61(33-20-34-71(73)81-67-41-36-56(50-21-8-2-9-22-50)45-63(67)64-46-57(37-42-68(64)81)51-23-10-3-11-24-51)60-35-40-62(76-79-74(54-29-16-6-17-30-54)78-75(80-76)55-31-18-7-19-32-55)72(49-60)82-69-43-38-58(52-25-12-4-13-26-52)47-65(69)66-48-59(39-44-70(66)82)53-27-14-5-15-28-53/h2-49H. The smallest absolute Gasteiger partial charge is 0.218 e. The van der Waals surface area contributed by atoms with Crippen LogP contribution in [0.4, 0.5) is 5.69 Å². The molecule has 6 heteroatoms. The maximum absolute atomic E-state index is 9.14. The summed E-state index contributed by atoms with van der Waals surface area (Å²) in [7, 11) is 0. The Morgan fingerprint density at radius 3 is 0.939 bits per heavy atom. The van der Waals surface area contributed by atoms with E-state index >= 15 is 0 Å². The zero-order valence-electron chi connectivity index (χ0n) is 44.4. The van der Waals surface area contributed by atoms with Crippen LogP contribution in [0.25, 0.3) is 150 Å². The van der Waals surface area contributed by atoms with Crippen molar-refractivity contribution in [2.24, 2.45) is 0 Å². The van der Waals surface area contributed by atoms with Crippen LogP contribution in [-0.4, -0.2) is 24.1 Å². The van der Waals surface area contributed by atoms with E-state index in [0.29, 0.717) is 23.2 Å². The Labute approximate surface area is 474 Å². The van der Waals surface area contributed by atoms with Gasteiger partial charge in [-0.1, -0.05) is 224 Å². The van der Waals surface area contributed by atoms with Crippen LogP contribution in [0.5, 0.6) is 0 Å². The van der Waals surface area contributed by atoms with Gasteiger partial charge in [0, 0.05) is 38.2 Å². The van der Waals surface area contributed by atoms with Gasteiger partial charge in [0.2, 0.25) is 5.69 Å². The Balaban J connectivity index is 0.991. The van der Waals surface area contributed by atoms with E-state index in [1.54, 1.807) is 0 Å². The molecule has 0 saturated carbocycles. The molecule has 0 unspecified atom stereocenters. The second-order valence-electron chi connectivity index (χ2n) is 20.6. The molecule has 0 saturated heterocycles. The molecule has 6 nitrogen and oxygen atoms in total. The summed E-state index contributed by atoms with van der Waals surface area (Å²) < 4.78 is 4.65. The van der Waals surface area contributed by atoms with Crippen molar-refractivity contribution in [1.82, 2.24) is 24.1 Å². The van der Waals surface area contributed by atoms with Crippen molar-refractivity contribution < 1.29 is 0 Å². The van der Waals surface area contributed by atoms with Crippen LogP contribution in [-0.2, 0) is 0 Å². The topological polar surface area (TPSA) is 52.9 Å². The molecule has 0 fully saturated rings. The fourth-order valence-corrected chi connectivity index (χ4v) is 11.9. The van der Waals surface area contributed by atoms with Gasteiger partial charge in [0.15, 0.2) is 17.5 Å². The third-order valence-corrected chi connectivity index (χ3v) is 15.8. The first-order valence-electron chi connectivity index (χ1n) is 27.5. The van der Waals surface area contributed by atoms with Crippen LogP contribution in [0.15, 0.2) is 291 Å². The summed E-state index contributed by atoms with van der Waals surface area (Å²) in [6.45, 7) is 9.14. The molecule has 12 aromatic carbocycles. The summed E-state index contributed by atoms with van der Waals surface area (Å²) in [5.41, 5.74) is 19.6. The molecule has 0 aliphatic rings. The Hall–Kier alpha value is -11.3. The fraction of sp³-hybridized carbons (Fsp3) is 0. The lowest BCUT2D eigenvalue weighted by atomic mass is 9.98. The van der Waals surface area contributed by atoms with Crippen molar-refractivity contribution in [3.63, 3.8) is 0 Å². The van der Waals surface area contributed by atoms with Gasteiger partial charge in [-0.3, -0.25) is 0 Å². The molecule has 3 aromatic heterocycles. The van der Waals surface area contributed by atoms with Crippen molar-refractivity contribution in [3.8, 4) is 101 Å². The molecule has 82 heavy (non-hydrogen) atoms. The minimum atomic E-state index is 0.528. The van der Waals surface area contributed by atoms with Gasteiger partial charge in [0.1, 0.15) is 0 Å². The van der Waals surface area contributed by atoms with Crippen molar-refractivity contribution in [1.29, 1.82) is 0 Å². The number of hydrogen-bond donors (Lipinski definition) is 0. The minimum Gasteiger partial charge on any atom is -0.319 e. The predicted octanol–water partition coefficient (Wildman–Crippen LogP) is 20.0. The number of rotatable bonds is 10. The van der Waals surface area contributed by atoms with Gasteiger partial charge in [0.25, 0.3) is 0 Å². The molecule has 0 N–H and O–H groups in total. The third-order valence-electron chi connectivity index (χ3n) is 15.8. The molecule has 382 valence electrons. The molecule has 0 spiro atoms. The average molecular weight is 1050 g/mol. The van der Waals surface area contributed by atoms with Gasteiger partial charge in [-0.05, 0) is 122 Å². The van der Waals surface area contributed by atoms with Crippen LogP contribution in [0.2, 0.25) is 0 Å². The molecule has 3 heterocycles. The van der Waals surface area contributed by atoms with Crippen LogP contribution in [0.3, 0.4) is 0 Å². The van der Waals surface area contributed by atoms with Crippen LogP contribution < -0.4 is 0 Å². The molecule has 0 amide bonds. The minimum absolute atomic E-state index is 0.528. The van der Waals surface area contributed by atoms with E-state index in [2.05, 4.69) is 245 Å². The van der Waals surface area contributed by atoms with E-state index in [9.17, 15) is 0 Å². The molecule has 0 aliphatic carbocycles. The van der Waals surface area contributed by atoms with Gasteiger partial charge < -0.3 is 9.13 Å². The largest absolute Gasteiger partial charge is 0.319 e. The number of para-hydroxylation sites is 1. The monoisotopic (exact) mass is 1040 g/mol. The lowest BCUT2D eigenvalue weighted by Crippen LogP contribution is -2.04. The number of nitrogens with zero attached hydrogens (tertiary/aromatic N) is 6. The van der Waals surface area contributed by atoms with E-state index in [-0.39, 0.29) is 0 Å². The lowest BCUT2D eigenvalue weighted by molar-refractivity contribution is 1.06. The maximum Gasteiger partial charge on any atom is 0.218 e. The molecule has 15 aromatic rings. The van der Waals surface area contributed by atoms with E-state index in [1.807, 2.05) is 60.7 Å². The van der Waals surface area contributed by atoms with Gasteiger partial charge in [-0.2, -0.15) is 0 Å². The quantitative estimate of drug-likeness (QED) is 0.128. The van der Waals surface area contributed by atoms with E-state index in [4.69, 9.17) is 21.5 Å². The molecule has 0 atom stereocenters. The molecule has 0 bridgehead atoms. The highest BCUT2D eigenvalue weighted by molar-refractivity contribution is 6.14. The van der Waals surface area contributed by atoms with Gasteiger partial charge in [-0.25, -0.2) is 19.8 Å². The Bertz CT molecular complexity index is 4700. The highest BCUT2D eigenvalue weighted by Crippen LogP contribution is 2.46. The van der Waals surface area contributed by atoms with Crippen molar-refractivity contribution in [2.75, 3.05) is 0 Å². The first-order valence-corrected chi connectivity index (χ1v) is 27.5. The van der Waals surface area contributed by atoms with Gasteiger partial charge in [0.05, 0.1) is 40.0 Å². The fourth-order valence-electron chi connectivity index (χ4n) is 11.9. The van der Waals surface area contributed by atoms with Crippen LogP contribution >= 0.6 is 0 Å². The zero-order chi connectivity index (χ0) is 54.5. The number of aromatic nitrogens is 5. The number of benzene rings is 12. The van der Waals surface area contributed by atoms with Crippen molar-refractivity contribution >= 4 is 49.3 Å². The van der Waals surface area contributed by atoms with E-state index in [1.165, 1.54) is 0 Å². The summed E-state index contributed by atoms with van der Waals surface area (Å²) in [4.78, 5) is 20.3. The SMILES string of the molecule is [C-]#[N+]c1c(-c2ccc(-c3nc(-c4ccccc4)nc(-c4ccccc4)n3)c(-n3c4ccc(-c5ccccc5)cc4c4cc(-c5ccccc5)ccc43)c2)cccc1-n1c2ccc(-c3ccccc3)cc2c2cc(-c3ccccc3)ccc21. The summed E-state index contributed by atoms with van der Waals surface area (Å²) >= 11 is 0. The Kier molecular flexibility index (Phi) is 11.8. The van der Waals surface area contributed by atoms with Gasteiger partial charge in [-0.15, -0.1) is 0 Å². The summed E-state index contributed by atoms with van der Waals surface area (Å²) in [5, 5.41) is 4.44. The van der Waals surface area contributed by atoms with Gasteiger partial charge >= 0.3 is 0 Å². The summed E-state index contributed by atoms with van der Waals surface area (Å²) in [6.07, 6.45) is 0. The summed E-state index contributed by atoms with van der Waals surface area (Å²) in [6, 6.07) is 102. The number of hydrogen-bond acceptors (Lipinski definition) is 3. The van der Waals surface area contributed by atoms with Crippen LogP contribution in [0.1, 0.15) is 0 Å². The lowest BCUT2D eigenvalue weighted by Gasteiger charge is -2.18. The molecular weight excluding hydrogens is 997 g/mol. The number of fused-ring (bicyclic) bond motifs is 6. The van der Waals surface area contributed by atoms with Crippen LogP contribution in [0, 0.1) is 6.57 Å². The van der Waals surface area contributed by atoms with E-state index in [0.717, 1.165) is 127 Å². The second kappa shape index (κ2) is 20.2. The highest BCUT2D eigenvalue weighted by atomic mass is 15.1. The molecule has 15 rings (SSSR count). The van der Waals surface area contributed by atoms with Crippen molar-refractivity contribution in [2.45, 2.75) is 0 Å². The average Bonchev–Trinajstić information content (AvgIpc) is 3.87. The molecule has 0 radical (unpaired) electrons.